The Bertz CT molecular complexity index is 426. The summed E-state index contributed by atoms with van der Waals surface area (Å²) in [7, 11) is 0. The van der Waals surface area contributed by atoms with E-state index >= 15 is 0 Å². The molecule has 1 unspecified atom stereocenters. The van der Waals surface area contributed by atoms with Crippen molar-refractivity contribution in [2.75, 3.05) is 0 Å². The zero-order valence-electron chi connectivity index (χ0n) is 9.04. The highest BCUT2D eigenvalue weighted by Gasteiger charge is 2.23. The predicted octanol–water partition coefficient (Wildman–Crippen LogP) is 2.15. The number of carbonyl (C=O) groups is 1. The first-order valence-corrected chi connectivity index (χ1v) is 5.67. The second-order valence-corrected chi connectivity index (χ2v) is 4.79. The molecule has 0 amide bonds. The third-order valence-corrected chi connectivity index (χ3v) is 3.59. The number of hydrogen-bond donors (Lipinski definition) is 1. The topological polar surface area (TPSA) is 74.0 Å². The molecule has 0 bridgehead atoms. The van der Waals surface area contributed by atoms with Crippen LogP contribution >= 0.6 is 11.8 Å². The van der Waals surface area contributed by atoms with Gasteiger partial charge in [-0.05, 0) is 12.0 Å². The van der Waals surface area contributed by atoms with Crippen molar-refractivity contribution < 1.29 is 9.90 Å². The van der Waals surface area contributed by atoms with Crippen molar-refractivity contribution in [3.63, 3.8) is 0 Å². The fourth-order valence-corrected chi connectivity index (χ4v) is 2.18. The molecule has 0 radical (unpaired) electrons. The summed E-state index contributed by atoms with van der Waals surface area (Å²) in [6, 6.07) is 3.61. The summed E-state index contributed by atoms with van der Waals surface area (Å²) in [5.74, 6) is -0.873. The summed E-state index contributed by atoms with van der Waals surface area (Å²) in [5.41, 5.74) is 0.465. The van der Waals surface area contributed by atoms with Gasteiger partial charge < -0.3 is 5.11 Å². The van der Waals surface area contributed by atoms with Gasteiger partial charge in [0.25, 0.3) is 0 Å². The minimum atomic E-state index is -0.868. The van der Waals surface area contributed by atoms with Gasteiger partial charge in [-0.2, -0.15) is 5.26 Å². The van der Waals surface area contributed by atoms with Crippen LogP contribution in [0, 0.1) is 17.2 Å². The highest BCUT2D eigenvalue weighted by Crippen LogP contribution is 2.29. The van der Waals surface area contributed by atoms with E-state index in [0.29, 0.717) is 10.5 Å². The van der Waals surface area contributed by atoms with Crippen LogP contribution in [-0.4, -0.2) is 21.3 Å². The maximum absolute atomic E-state index is 11.0. The van der Waals surface area contributed by atoms with Crippen molar-refractivity contribution in [1.82, 2.24) is 4.98 Å². The minimum Gasteiger partial charge on any atom is -0.480 e. The van der Waals surface area contributed by atoms with Gasteiger partial charge in [0.2, 0.25) is 0 Å². The number of carboxylic acids is 1. The van der Waals surface area contributed by atoms with Crippen LogP contribution in [0.4, 0.5) is 0 Å². The van der Waals surface area contributed by atoms with E-state index in [0.717, 1.165) is 0 Å². The number of pyridine rings is 1. The molecule has 1 atom stereocenters. The van der Waals surface area contributed by atoms with Gasteiger partial charge >= 0.3 is 5.97 Å². The van der Waals surface area contributed by atoms with E-state index in [1.54, 1.807) is 6.07 Å². The zero-order valence-corrected chi connectivity index (χ0v) is 9.86. The Morgan fingerprint density at radius 3 is 2.81 bits per heavy atom. The molecule has 0 spiro atoms. The third kappa shape index (κ3) is 2.97. The van der Waals surface area contributed by atoms with E-state index in [9.17, 15) is 4.79 Å². The molecule has 16 heavy (non-hydrogen) atoms. The van der Waals surface area contributed by atoms with Crippen molar-refractivity contribution in [1.29, 1.82) is 5.26 Å². The number of aromatic nitrogens is 1. The summed E-state index contributed by atoms with van der Waals surface area (Å²) >= 11 is 1.17. The summed E-state index contributed by atoms with van der Waals surface area (Å²) < 4.78 is 0. The van der Waals surface area contributed by atoms with E-state index in [1.165, 1.54) is 24.2 Å². The summed E-state index contributed by atoms with van der Waals surface area (Å²) in [4.78, 5) is 15.5. The molecule has 0 saturated heterocycles. The highest BCUT2D eigenvalue weighted by molar-refractivity contribution is 8.00. The molecule has 1 rings (SSSR count). The van der Waals surface area contributed by atoms with E-state index in [4.69, 9.17) is 10.4 Å². The number of rotatable bonds is 4. The molecule has 5 heteroatoms. The third-order valence-electron chi connectivity index (χ3n) is 2.01. The number of hydrogen-bond acceptors (Lipinski definition) is 4. The molecular weight excluding hydrogens is 224 g/mol. The molecule has 1 N–H and O–H groups in total. The Balaban J connectivity index is 2.94. The number of nitriles is 1. The van der Waals surface area contributed by atoms with Gasteiger partial charge in [-0.1, -0.05) is 13.8 Å². The lowest BCUT2D eigenvalue weighted by Gasteiger charge is -2.15. The smallest absolute Gasteiger partial charge is 0.317 e. The van der Waals surface area contributed by atoms with Crippen molar-refractivity contribution in [2.24, 2.45) is 5.92 Å². The molecule has 1 aromatic heterocycles. The fourth-order valence-electron chi connectivity index (χ4n) is 1.17. The van der Waals surface area contributed by atoms with E-state index in [1.807, 2.05) is 19.9 Å². The molecule has 4 nitrogen and oxygen atoms in total. The molecule has 0 fully saturated rings. The van der Waals surface area contributed by atoms with Crippen molar-refractivity contribution in [3.8, 4) is 6.07 Å². The number of thioether (sulfide) groups is 1. The summed E-state index contributed by atoms with van der Waals surface area (Å²) in [6.07, 6.45) is 3.05. The van der Waals surface area contributed by atoms with Crippen LogP contribution in [0.2, 0.25) is 0 Å². The van der Waals surface area contributed by atoms with Crippen molar-refractivity contribution in [3.05, 3.63) is 24.0 Å². The van der Waals surface area contributed by atoms with Crippen LogP contribution in [0.3, 0.4) is 0 Å². The minimum absolute atomic E-state index is 0.00533. The molecule has 0 aromatic carbocycles. The fraction of sp³-hybridized carbons (Fsp3) is 0.364. The first-order chi connectivity index (χ1) is 7.56. The van der Waals surface area contributed by atoms with E-state index < -0.39 is 11.2 Å². The lowest BCUT2D eigenvalue weighted by atomic mass is 10.1. The predicted molar refractivity (Wildman–Crippen MR) is 61.1 cm³/mol. The normalized spacial score (nSPS) is 12.1. The molecule has 84 valence electrons. The van der Waals surface area contributed by atoms with Crippen LogP contribution in [-0.2, 0) is 4.79 Å². The summed E-state index contributed by atoms with van der Waals surface area (Å²) in [6.45, 7) is 3.68. The molecular formula is C11H12N2O2S. The first-order valence-electron chi connectivity index (χ1n) is 4.79. The highest BCUT2D eigenvalue weighted by atomic mass is 32.2. The van der Waals surface area contributed by atoms with Crippen LogP contribution in [0.1, 0.15) is 19.4 Å². The molecule has 1 heterocycles. The van der Waals surface area contributed by atoms with Gasteiger partial charge in [0.1, 0.15) is 11.3 Å². The van der Waals surface area contributed by atoms with Gasteiger partial charge in [-0.15, -0.1) is 11.8 Å². The quantitative estimate of drug-likeness (QED) is 0.811. The number of aliphatic carboxylic acids is 1. The Morgan fingerprint density at radius 1 is 1.62 bits per heavy atom. The van der Waals surface area contributed by atoms with Crippen molar-refractivity contribution in [2.45, 2.75) is 24.0 Å². The van der Waals surface area contributed by atoms with E-state index in [-0.39, 0.29) is 5.92 Å². The maximum atomic E-state index is 11.0. The Morgan fingerprint density at radius 2 is 2.31 bits per heavy atom. The van der Waals surface area contributed by atoms with Crippen LogP contribution < -0.4 is 0 Å². The Kier molecular flexibility index (Phi) is 4.32. The first kappa shape index (κ1) is 12.5. The Labute approximate surface area is 98.3 Å². The average Bonchev–Trinajstić information content (AvgIpc) is 2.25. The second-order valence-electron chi connectivity index (χ2n) is 3.60. The Hall–Kier alpha value is -1.54. The molecule has 0 aliphatic heterocycles. The largest absolute Gasteiger partial charge is 0.480 e. The van der Waals surface area contributed by atoms with Gasteiger partial charge in [0.15, 0.2) is 0 Å². The SMILES string of the molecule is CC(C)C(Sc1cnccc1C#N)C(=O)O. The average molecular weight is 236 g/mol. The van der Waals surface area contributed by atoms with Gasteiger partial charge in [0.05, 0.1) is 5.56 Å². The summed E-state index contributed by atoms with van der Waals surface area (Å²) in [5, 5.41) is 17.4. The number of carboxylic acid groups (broad SMARTS) is 1. The van der Waals surface area contributed by atoms with Gasteiger partial charge in [-0.3, -0.25) is 9.78 Å². The van der Waals surface area contributed by atoms with Gasteiger partial charge in [-0.25, -0.2) is 0 Å². The molecule has 1 aromatic rings. The lowest BCUT2D eigenvalue weighted by Crippen LogP contribution is -2.22. The molecule has 0 aliphatic rings. The lowest BCUT2D eigenvalue weighted by molar-refractivity contribution is -0.137. The van der Waals surface area contributed by atoms with Crippen LogP contribution in [0.15, 0.2) is 23.4 Å². The van der Waals surface area contributed by atoms with Crippen LogP contribution in [0.25, 0.3) is 0 Å². The standard InChI is InChI=1S/C11H12N2O2S/c1-7(2)10(11(14)15)16-9-6-13-4-3-8(9)5-12/h3-4,6-7,10H,1-2H3,(H,14,15). The molecule has 0 saturated carbocycles. The number of nitrogens with zero attached hydrogens (tertiary/aromatic N) is 2. The van der Waals surface area contributed by atoms with Gasteiger partial charge in [0, 0.05) is 17.3 Å². The van der Waals surface area contributed by atoms with E-state index in [2.05, 4.69) is 4.98 Å². The second kappa shape index (κ2) is 5.52. The van der Waals surface area contributed by atoms with Crippen LogP contribution in [0.5, 0.6) is 0 Å². The van der Waals surface area contributed by atoms with Crippen molar-refractivity contribution >= 4 is 17.7 Å². The molecule has 0 aliphatic carbocycles. The maximum Gasteiger partial charge on any atom is 0.317 e. The zero-order chi connectivity index (χ0) is 12.1. The monoisotopic (exact) mass is 236 g/mol.